The number of benzene rings is 1. The summed E-state index contributed by atoms with van der Waals surface area (Å²) < 4.78 is 17.3. The van der Waals surface area contributed by atoms with Gasteiger partial charge in [-0.3, -0.25) is 4.79 Å². The number of carbonyl (C=O) groups is 1. The minimum atomic E-state index is 0.0187. The number of hydrogen-bond donors (Lipinski definition) is 1. The van der Waals surface area contributed by atoms with E-state index in [9.17, 15) is 4.79 Å². The van der Waals surface area contributed by atoms with Gasteiger partial charge < -0.3 is 19.5 Å². The number of fused-ring (bicyclic) bond motifs is 1. The fraction of sp³-hybridized carbons (Fsp3) is 0.682. The van der Waals surface area contributed by atoms with Crippen molar-refractivity contribution in [3.8, 4) is 5.75 Å². The first-order chi connectivity index (χ1) is 13.1. The largest absolute Gasteiger partial charge is 0.491 e. The van der Waals surface area contributed by atoms with Gasteiger partial charge in [-0.05, 0) is 50.8 Å². The summed E-state index contributed by atoms with van der Waals surface area (Å²) in [5.41, 5.74) is 1.16. The molecule has 1 saturated carbocycles. The topological polar surface area (TPSA) is 56.8 Å². The number of rotatable bonds is 7. The monoisotopic (exact) mass is 375 g/mol. The molecule has 2 aliphatic rings. The van der Waals surface area contributed by atoms with Crippen LogP contribution in [0.15, 0.2) is 24.3 Å². The molecule has 1 N–H and O–H groups in total. The highest BCUT2D eigenvalue weighted by atomic mass is 16.5. The number of hydrogen-bond acceptors (Lipinski definition) is 4. The maximum absolute atomic E-state index is 12.3. The molecular formula is C22H33NO4. The van der Waals surface area contributed by atoms with Gasteiger partial charge in [0.15, 0.2) is 0 Å². The van der Waals surface area contributed by atoms with E-state index >= 15 is 0 Å². The van der Waals surface area contributed by atoms with E-state index in [-0.39, 0.29) is 30.3 Å². The minimum Gasteiger partial charge on any atom is -0.491 e. The molecule has 5 nitrogen and oxygen atoms in total. The van der Waals surface area contributed by atoms with E-state index in [0.717, 1.165) is 30.6 Å². The van der Waals surface area contributed by atoms with Gasteiger partial charge in [0.2, 0.25) is 5.91 Å². The maximum atomic E-state index is 12.3. The van der Waals surface area contributed by atoms with Crippen LogP contribution < -0.4 is 10.1 Å². The van der Waals surface area contributed by atoms with Crippen molar-refractivity contribution >= 4 is 5.91 Å². The standard InChI is InChI=1S/C22H33NO4/c1-15(2)26-17-10-8-16(9-11-17)21-14-19(23-22(24)12-13-25-3)18-6-4-5-7-20(18)27-21/h8-11,15,18-21H,4-7,12-14H2,1-3H3,(H,23,24)/t18-,19+,20+,21+/m0/s1. The Morgan fingerprint density at radius 1 is 1.22 bits per heavy atom. The van der Waals surface area contributed by atoms with Crippen LogP contribution in [0.3, 0.4) is 0 Å². The van der Waals surface area contributed by atoms with Crippen molar-refractivity contribution in [3.05, 3.63) is 29.8 Å². The molecule has 1 amide bonds. The van der Waals surface area contributed by atoms with Crippen molar-refractivity contribution in [2.24, 2.45) is 5.92 Å². The van der Waals surface area contributed by atoms with Crippen molar-refractivity contribution < 1.29 is 19.0 Å². The third kappa shape index (κ3) is 5.45. The van der Waals surface area contributed by atoms with E-state index < -0.39 is 0 Å². The highest BCUT2D eigenvalue weighted by Crippen LogP contribution is 2.41. The van der Waals surface area contributed by atoms with Crippen LogP contribution in [0.25, 0.3) is 0 Å². The van der Waals surface area contributed by atoms with Gasteiger partial charge in [0, 0.05) is 25.5 Å². The normalized spacial score (nSPS) is 27.9. The quantitative estimate of drug-likeness (QED) is 0.782. The van der Waals surface area contributed by atoms with Crippen molar-refractivity contribution in [1.29, 1.82) is 0 Å². The molecule has 150 valence electrons. The lowest BCUT2D eigenvalue weighted by atomic mass is 9.76. The van der Waals surface area contributed by atoms with E-state index in [2.05, 4.69) is 17.4 Å². The summed E-state index contributed by atoms with van der Waals surface area (Å²) >= 11 is 0. The second kappa shape index (κ2) is 9.56. The molecular weight excluding hydrogens is 342 g/mol. The third-order valence-corrected chi connectivity index (χ3v) is 5.58. The Kier molecular flexibility index (Phi) is 7.13. The second-order valence-electron chi connectivity index (χ2n) is 8.00. The van der Waals surface area contributed by atoms with Gasteiger partial charge in [-0.2, -0.15) is 0 Å². The zero-order valence-electron chi connectivity index (χ0n) is 16.8. The first-order valence-electron chi connectivity index (χ1n) is 10.3. The lowest BCUT2D eigenvalue weighted by Crippen LogP contribution is -2.51. The van der Waals surface area contributed by atoms with Crippen LogP contribution in [-0.4, -0.2) is 37.9 Å². The highest BCUT2D eigenvalue weighted by molar-refractivity contribution is 5.76. The van der Waals surface area contributed by atoms with Gasteiger partial charge in [-0.25, -0.2) is 0 Å². The maximum Gasteiger partial charge on any atom is 0.222 e. The smallest absolute Gasteiger partial charge is 0.222 e. The van der Waals surface area contributed by atoms with E-state index in [1.54, 1.807) is 7.11 Å². The summed E-state index contributed by atoms with van der Waals surface area (Å²) in [6, 6.07) is 8.38. The number of methoxy groups -OCH3 is 1. The minimum absolute atomic E-state index is 0.0187. The number of nitrogens with one attached hydrogen (secondary N) is 1. The van der Waals surface area contributed by atoms with Crippen LogP contribution in [0, 0.1) is 5.92 Å². The van der Waals surface area contributed by atoms with Crippen LogP contribution >= 0.6 is 0 Å². The Bertz CT molecular complexity index is 601. The number of amides is 1. The van der Waals surface area contributed by atoms with Gasteiger partial charge in [0.25, 0.3) is 0 Å². The summed E-state index contributed by atoms with van der Waals surface area (Å²) in [4.78, 5) is 12.3. The Labute approximate surface area is 162 Å². The first-order valence-corrected chi connectivity index (χ1v) is 10.3. The lowest BCUT2D eigenvalue weighted by molar-refractivity contribution is -0.133. The van der Waals surface area contributed by atoms with Crippen molar-refractivity contribution in [2.75, 3.05) is 13.7 Å². The molecule has 1 heterocycles. The molecule has 0 unspecified atom stereocenters. The molecule has 2 fully saturated rings. The zero-order chi connectivity index (χ0) is 19.2. The SMILES string of the molecule is COCCC(=O)N[C@@H]1C[C@H](c2ccc(OC(C)C)cc2)O[C@@H]2CCCC[C@@H]12. The third-order valence-electron chi connectivity index (χ3n) is 5.58. The van der Waals surface area contributed by atoms with Gasteiger partial charge in [0.1, 0.15) is 5.75 Å². The van der Waals surface area contributed by atoms with Gasteiger partial charge in [-0.1, -0.05) is 25.0 Å². The summed E-state index contributed by atoms with van der Waals surface area (Å²) in [7, 11) is 1.63. The van der Waals surface area contributed by atoms with Gasteiger partial charge >= 0.3 is 0 Å². The highest BCUT2D eigenvalue weighted by Gasteiger charge is 2.40. The summed E-state index contributed by atoms with van der Waals surface area (Å²) in [6.07, 6.45) is 6.30. The van der Waals surface area contributed by atoms with E-state index in [1.165, 1.54) is 12.8 Å². The number of ether oxygens (including phenoxy) is 3. The van der Waals surface area contributed by atoms with Crippen LogP contribution in [0.5, 0.6) is 5.75 Å². The van der Waals surface area contributed by atoms with Crippen molar-refractivity contribution in [2.45, 2.75) is 76.7 Å². The molecule has 1 aromatic carbocycles. The summed E-state index contributed by atoms with van der Waals surface area (Å²) in [5, 5.41) is 3.27. The Balaban J connectivity index is 1.69. The summed E-state index contributed by atoms with van der Waals surface area (Å²) in [6.45, 7) is 4.51. The summed E-state index contributed by atoms with van der Waals surface area (Å²) in [5.74, 6) is 1.38. The zero-order valence-corrected chi connectivity index (χ0v) is 16.8. The van der Waals surface area contributed by atoms with E-state index in [1.807, 2.05) is 26.0 Å². The molecule has 4 atom stereocenters. The van der Waals surface area contributed by atoms with E-state index in [4.69, 9.17) is 14.2 Å². The molecule has 3 rings (SSSR count). The van der Waals surface area contributed by atoms with Crippen LogP contribution in [0.1, 0.15) is 64.0 Å². The molecule has 0 radical (unpaired) electrons. The van der Waals surface area contributed by atoms with Crippen LogP contribution in [0.2, 0.25) is 0 Å². The molecule has 1 aliphatic heterocycles. The molecule has 1 saturated heterocycles. The molecule has 27 heavy (non-hydrogen) atoms. The lowest BCUT2D eigenvalue weighted by Gasteiger charge is -2.45. The van der Waals surface area contributed by atoms with Crippen LogP contribution in [-0.2, 0) is 14.3 Å². The molecule has 0 spiro atoms. The fourth-order valence-electron chi connectivity index (χ4n) is 4.31. The average Bonchev–Trinajstić information content (AvgIpc) is 2.66. The molecule has 1 aromatic rings. The Hall–Kier alpha value is -1.59. The van der Waals surface area contributed by atoms with Gasteiger partial charge in [0.05, 0.1) is 24.9 Å². The van der Waals surface area contributed by atoms with Gasteiger partial charge in [-0.15, -0.1) is 0 Å². The molecule has 5 heteroatoms. The Morgan fingerprint density at radius 2 is 1.96 bits per heavy atom. The fourth-order valence-corrected chi connectivity index (χ4v) is 4.31. The average molecular weight is 376 g/mol. The molecule has 0 bridgehead atoms. The predicted molar refractivity (Wildman–Crippen MR) is 105 cm³/mol. The van der Waals surface area contributed by atoms with Crippen LogP contribution in [0.4, 0.5) is 0 Å². The number of carbonyl (C=O) groups excluding carboxylic acids is 1. The van der Waals surface area contributed by atoms with Crippen molar-refractivity contribution in [3.63, 3.8) is 0 Å². The van der Waals surface area contributed by atoms with Crippen molar-refractivity contribution in [1.82, 2.24) is 5.32 Å². The molecule has 0 aromatic heterocycles. The molecule has 1 aliphatic carbocycles. The second-order valence-corrected chi connectivity index (χ2v) is 8.00. The first kappa shape index (κ1) is 20.2. The predicted octanol–water partition coefficient (Wildman–Crippen LogP) is 4.02. The van der Waals surface area contributed by atoms with E-state index in [0.29, 0.717) is 18.9 Å². The Morgan fingerprint density at radius 3 is 2.67 bits per heavy atom.